The van der Waals surface area contributed by atoms with Gasteiger partial charge in [-0.25, -0.2) is 9.97 Å². The van der Waals surface area contributed by atoms with Crippen molar-refractivity contribution in [1.82, 2.24) is 19.3 Å². The van der Waals surface area contributed by atoms with Crippen LogP contribution in [0.25, 0.3) is 16.9 Å². The highest BCUT2D eigenvalue weighted by Gasteiger charge is 2.27. The molecule has 4 aromatic rings. The molecule has 0 aliphatic carbocycles. The number of carbonyl (C=O) groups is 2. The van der Waals surface area contributed by atoms with Gasteiger partial charge < -0.3 is 15.5 Å². The molecule has 8 nitrogen and oxygen atoms in total. The normalized spacial score (nSPS) is 13.9. The molecule has 172 valence electrons. The standard InChI is InChI=1S/C25H23ClN6O2/c1-16-7-8-18(26)13-20(16)30-9-11-31(12-10-30)25(34)21-14-19(17-5-3-2-4-6-17)29-24-22(23(27)33)28-15-32(21)24/h2-8,13-15H,9-12H2,1H3,(H2,27,33). The summed E-state index contributed by atoms with van der Waals surface area (Å²) in [4.78, 5) is 38.3. The van der Waals surface area contributed by atoms with Gasteiger partial charge in [0.05, 0.1) is 5.69 Å². The van der Waals surface area contributed by atoms with Gasteiger partial charge in [-0.1, -0.05) is 48.0 Å². The molecule has 1 fully saturated rings. The first-order chi connectivity index (χ1) is 16.4. The van der Waals surface area contributed by atoms with Crippen LogP contribution in [0.1, 0.15) is 26.5 Å². The van der Waals surface area contributed by atoms with E-state index < -0.39 is 5.91 Å². The molecule has 0 saturated carbocycles. The molecule has 3 heterocycles. The molecule has 0 unspecified atom stereocenters. The summed E-state index contributed by atoms with van der Waals surface area (Å²) in [6.07, 6.45) is 1.43. The number of carbonyl (C=O) groups excluding carboxylic acids is 2. The second kappa shape index (κ2) is 8.79. The minimum absolute atomic E-state index is 0.0353. The van der Waals surface area contributed by atoms with Crippen LogP contribution in [-0.2, 0) is 0 Å². The first-order valence-corrected chi connectivity index (χ1v) is 11.3. The highest BCUT2D eigenvalue weighted by Crippen LogP contribution is 2.26. The van der Waals surface area contributed by atoms with E-state index in [1.807, 2.05) is 53.4 Å². The number of halogens is 1. The van der Waals surface area contributed by atoms with Crippen molar-refractivity contribution in [2.24, 2.45) is 5.73 Å². The van der Waals surface area contributed by atoms with E-state index in [4.69, 9.17) is 17.3 Å². The fourth-order valence-electron chi connectivity index (χ4n) is 4.30. The molecule has 1 aliphatic rings. The van der Waals surface area contributed by atoms with Crippen molar-refractivity contribution in [2.75, 3.05) is 31.1 Å². The Balaban J connectivity index is 1.47. The van der Waals surface area contributed by atoms with Crippen molar-refractivity contribution in [3.05, 3.63) is 82.9 Å². The number of anilines is 1. The van der Waals surface area contributed by atoms with Gasteiger partial charge in [-0.05, 0) is 30.7 Å². The zero-order valence-electron chi connectivity index (χ0n) is 18.6. The predicted molar refractivity (Wildman–Crippen MR) is 131 cm³/mol. The fraction of sp³-hybridized carbons (Fsp3) is 0.200. The van der Waals surface area contributed by atoms with Crippen LogP contribution >= 0.6 is 11.6 Å². The third-order valence-electron chi connectivity index (χ3n) is 6.10. The zero-order chi connectivity index (χ0) is 23.8. The van der Waals surface area contributed by atoms with Crippen LogP contribution in [-0.4, -0.2) is 57.3 Å². The Hall–Kier alpha value is -3.91. The van der Waals surface area contributed by atoms with E-state index in [2.05, 4.69) is 21.8 Å². The van der Waals surface area contributed by atoms with E-state index in [9.17, 15) is 9.59 Å². The molecule has 5 rings (SSSR count). The Morgan fingerprint density at radius 1 is 1.00 bits per heavy atom. The molecule has 1 aliphatic heterocycles. The number of benzene rings is 2. The lowest BCUT2D eigenvalue weighted by atomic mass is 10.1. The number of nitrogens with zero attached hydrogens (tertiary/aromatic N) is 5. The van der Waals surface area contributed by atoms with Crippen molar-refractivity contribution in [2.45, 2.75) is 6.92 Å². The van der Waals surface area contributed by atoms with Crippen LogP contribution in [0.4, 0.5) is 5.69 Å². The van der Waals surface area contributed by atoms with Crippen molar-refractivity contribution in [3.63, 3.8) is 0 Å². The number of rotatable bonds is 4. The number of aromatic nitrogens is 3. The lowest BCUT2D eigenvalue weighted by Gasteiger charge is -2.37. The average molecular weight is 475 g/mol. The molecule has 0 atom stereocenters. The van der Waals surface area contributed by atoms with Crippen molar-refractivity contribution >= 4 is 34.7 Å². The van der Waals surface area contributed by atoms with Gasteiger partial charge >= 0.3 is 0 Å². The van der Waals surface area contributed by atoms with Gasteiger partial charge in [0.1, 0.15) is 12.0 Å². The largest absolute Gasteiger partial charge is 0.368 e. The summed E-state index contributed by atoms with van der Waals surface area (Å²) in [7, 11) is 0. The van der Waals surface area contributed by atoms with E-state index in [0.717, 1.165) is 16.8 Å². The zero-order valence-corrected chi connectivity index (χ0v) is 19.4. The summed E-state index contributed by atoms with van der Waals surface area (Å²) < 4.78 is 1.54. The predicted octanol–water partition coefficient (Wildman–Crippen LogP) is 3.42. The topological polar surface area (TPSA) is 96.8 Å². The Morgan fingerprint density at radius 3 is 2.44 bits per heavy atom. The van der Waals surface area contributed by atoms with E-state index in [1.165, 1.54) is 6.33 Å². The monoisotopic (exact) mass is 474 g/mol. The van der Waals surface area contributed by atoms with Crippen molar-refractivity contribution in [3.8, 4) is 11.3 Å². The van der Waals surface area contributed by atoms with Crippen molar-refractivity contribution < 1.29 is 9.59 Å². The van der Waals surface area contributed by atoms with Gasteiger partial charge in [0.25, 0.3) is 11.8 Å². The van der Waals surface area contributed by atoms with E-state index in [0.29, 0.717) is 42.6 Å². The summed E-state index contributed by atoms with van der Waals surface area (Å²) in [6.45, 7) is 4.52. The van der Waals surface area contributed by atoms with Crippen LogP contribution in [0, 0.1) is 6.92 Å². The van der Waals surface area contributed by atoms with E-state index >= 15 is 0 Å². The van der Waals surface area contributed by atoms with Crippen LogP contribution < -0.4 is 10.6 Å². The van der Waals surface area contributed by atoms with Gasteiger partial charge in [0, 0.05) is 42.5 Å². The third kappa shape index (κ3) is 3.97. The Morgan fingerprint density at radius 2 is 1.74 bits per heavy atom. The van der Waals surface area contributed by atoms with E-state index in [-0.39, 0.29) is 17.2 Å². The number of nitrogens with two attached hydrogens (primary N) is 1. The summed E-state index contributed by atoms with van der Waals surface area (Å²) in [5.41, 5.74) is 9.83. The minimum atomic E-state index is -0.691. The van der Waals surface area contributed by atoms with Crippen molar-refractivity contribution in [1.29, 1.82) is 0 Å². The Kier molecular flexibility index (Phi) is 5.67. The van der Waals surface area contributed by atoms with Gasteiger partial charge in [0.2, 0.25) is 0 Å². The third-order valence-corrected chi connectivity index (χ3v) is 6.34. The van der Waals surface area contributed by atoms with Crippen LogP contribution in [0.2, 0.25) is 5.02 Å². The number of amides is 2. The molecular formula is C25H23ClN6O2. The minimum Gasteiger partial charge on any atom is -0.368 e. The van der Waals surface area contributed by atoms with Gasteiger partial charge in [0.15, 0.2) is 11.3 Å². The number of hydrogen-bond acceptors (Lipinski definition) is 5. The molecule has 0 spiro atoms. The molecule has 2 N–H and O–H groups in total. The molecule has 1 saturated heterocycles. The Labute approximate surface area is 201 Å². The number of fused-ring (bicyclic) bond motifs is 1. The molecule has 2 aromatic heterocycles. The highest BCUT2D eigenvalue weighted by atomic mass is 35.5. The molecule has 0 radical (unpaired) electrons. The molecule has 2 aromatic carbocycles. The fourth-order valence-corrected chi connectivity index (χ4v) is 4.47. The number of primary amides is 1. The average Bonchev–Trinajstić information content (AvgIpc) is 3.30. The van der Waals surface area contributed by atoms with Gasteiger partial charge in [-0.2, -0.15) is 0 Å². The van der Waals surface area contributed by atoms with Gasteiger partial charge in [-0.3, -0.25) is 14.0 Å². The summed E-state index contributed by atoms with van der Waals surface area (Å²) in [5, 5.41) is 0.692. The first-order valence-electron chi connectivity index (χ1n) is 11.0. The van der Waals surface area contributed by atoms with Crippen LogP contribution in [0.3, 0.4) is 0 Å². The number of imidazole rings is 1. The number of piperazine rings is 1. The maximum Gasteiger partial charge on any atom is 0.271 e. The molecular weight excluding hydrogens is 452 g/mol. The maximum atomic E-state index is 13.6. The summed E-state index contributed by atoms with van der Waals surface area (Å²) >= 11 is 6.20. The number of hydrogen-bond donors (Lipinski definition) is 1. The maximum absolute atomic E-state index is 13.6. The SMILES string of the molecule is Cc1ccc(Cl)cc1N1CCN(C(=O)c2cc(-c3ccccc3)nc3c(C(N)=O)ncn23)CC1. The summed E-state index contributed by atoms with van der Waals surface area (Å²) in [6, 6.07) is 17.1. The highest BCUT2D eigenvalue weighted by molar-refractivity contribution is 6.30. The second-order valence-electron chi connectivity index (χ2n) is 8.25. The lowest BCUT2D eigenvalue weighted by Crippen LogP contribution is -2.49. The quantitative estimate of drug-likeness (QED) is 0.489. The van der Waals surface area contributed by atoms with E-state index in [1.54, 1.807) is 10.5 Å². The molecule has 2 amide bonds. The second-order valence-corrected chi connectivity index (χ2v) is 8.69. The summed E-state index contributed by atoms with van der Waals surface area (Å²) in [5.74, 6) is -0.843. The molecule has 34 heavy (non-hydrogen) atoms. The Bertz CT molecular complexity index is 1390. The van der Waals surface area contributed by atoms with Gasteiger partial charge in [-0.15, -0.1) is 0 Å². The lowest BCUT2D eigenvalue weighted by molar-refractivity contribution is 0.0739. The smallest absolute Gasteiger partial charge is 0.271 e. The number of aryl methyl sites for hydroxylation is 1. The van der Waals surface area contributed by atoms with Crippen LogP contribution in [0.15, 0.2) is 60.9 Å². The molecule has 0 bridgehead atoms. The first kappa shape index (κ1) is 21.9. The van der Waals surface area contributed by atoms with Crippen LogP contribution in [0.5, 0.6) is 0 Å². The molecule has 9 heteroatoms.